The smallest absolute Gasteiger partial charge is 0.323 e. The summed E-state index contributed by atoms with van der Waals surface area (Å²) >= 11 is 1.83. The van der Waals surface area contributed by atoms with Gasteiger partial charge in [0, 0.05) is 4.90 Å². The topological polar surface area (TPSA) is 49.3 Å². The summed E-state index contributed by atoms with van der Waals surface area (Å²) in [5.41, 5.74) is -0.784. The fourth-order valence-corrected chi connectivity index (χ4v) is 2.89. The van der Waals surface area contributed by atoms with E-state index in [0.29, 0.717) is 6.42 Å². The Morgan fingerprint density at radius 1 is 1.30 bits per heavy atom. The van der Waals surface area contributed by atoms with Gasteiger partial charge in [0.2, 0.25) is 0 Å². The third kappa shape index (κ3) is 5.97. The van der Waals surface area contributed by atoms with Crippen LogP contribution in [0.2, 0.25) is 0 Å². The SMILES string of the molecule is CCCNC(C)(CCCCSc1ccccc1)C(=O)O. The maximum Gasteiger partial charge on any atom is 0.323 e. The highest BCUT2D eigenvalue weighted by molar-refractivity contribution is 7.99. The van der Waals surface area contributed by atoms with E-state index in [2.05, 4.69) is 17.4 Å². The summed E-state index contributed by atoms with van der Waals surface area (Å²) in [5, 5.41) is 12.5. The summed E-state index contributed by atoms with van der Waals surface area (Å²) in [4.78, 5) is 12.6. The number of rotatable bonds is 10. The van der Waals surface area contributed by atoms with E-state index in [1.54, 1.807) is 6.92 Å². The van der Waals surface area contributed by atoms with Crippen molar-refractivity contribution in [1.82, 2.24) is 5.32 Å². The van der Waals surface area contributed by atoms with Crippen molar-refractivity contribution in [3.8, 4) is 0 Å². The summed E-state index contributed by atoms with van der Waals surface area (Å²) in [6, 6.07) is 10.3. The van der Waals surface area contributed by atoms with Gasteiger partial charge in [-0.15, -0.1) is 11.8 Å². The number of carboxylic acid groups (broad SMARTS) is 1. The monoisotopic (exact) mass is 295 g/mol. The highest BCUT2D eigenvalue weighted by atomic mass is 32.2. The second kappa shape index (κ2) is 9.03. The predicted octanol–water partition coefficient (Wildman–Crippen LogP) is 3.79. The second-order valence-corrected chi connectivity index (χ2v) is 6.35. The van der Waals surface area contributed by atoms with Gasteiger partial charge in [-0.2, -0.15) is 0 Å². The first-order valence-corrected chi connectivity index (χ1v) is 8.23. The molecule has 1 atom stereocenters. The molecule has 3 nitrogen and oxygen atoms in total. The van der Waals surface area contributed by atoms with Gasteiger partial charge in [-0.1, -0.05) is 31.5 Å². The summed E-state index contributed by atoms with van der Waals surface area (Å²) in [6.45, 7) is 4.59. The molecule has 1 aromatic carbocycles. The Morgan fingerprint density at radius 2 is 2.00 bits per heavy atom. The van der Waals surface area contributed by atoms with Gasteiger partial charge in [-0.05, 0) is 50.6 Å². The zero-order valence-electron chi connectivity index (χ0n) is 12.4. The Bertz CT molecular complexity index is 397. The lowest BCUT2D eigenvalue weighted by Crippen LogP contribution is -2.49. The van der Waals surface area contributed by atoms with Crippen molar-refractivity contribution in [3.05, 3.63) is 30.3 Å². The first kappa shape index (κ1) is 17.1. The molecule has 4 heteroatoms. The van der Waals surface area contributed by atoms with Crippen molar-refractivity contribution in [2.45, 2.75) is 50.0 Å². The molecule has 0 amide bonds. The minimum atomic E-state index is -0.784. The van der Waals surface area contributed by atoms with Gasteiger partial charge in [0.1, 0.15) is 5.54 Å². The molecule has 20 heavy (non-hydrogen) atoms. The summed E-state index contributed by atoms with van der Waals surface area (Å²) in [7, 11) is 0. The number of benzene rings is 1. The standard InChI is InChI=1S/C16H25NO2S/c1-3-12-17-16(2,15(18)19)11-7-8-13-20-14-9-5-4-6-10-14/h4-6,9-10,17H,3,7-8,11-13H2,1-2H3,(H,18,19). The van der Waals surface area contributed by atoms with Crippen LogP contribution in [0.15, 0.2) is 35.2 Å². The maximum absolute atomic E-state index is 11.3. The van der Waals surface area contributed by atoms with Crippen LogP contribution < -0.4 is 5.32 Å². The number of hydrogen-bond donors (Lipinski definition) is 2. The third-order valence-corrected chi connectivity index (χ3v) is 4.42. The van der Waals surface area contributed by atoms with Crippen molar-refractivity contribution < 1.29 is 9.90 Å². The van der Waals surface area contributed by atoms with Gasteiger partial charge in [0.25, 0.3) is 0 Å². The van der Waals surface area contributed by atoms with E-state index in [1.807, 2.05) is 36.9 Å². The first-order chi connectivity index (χ1) is 9.58. The fourth-order valence-electron chi connectivity index (χ4n) is 1.96. The number of thioether (sulfide) groups is 1. The molecule has 0 bridgehead atoms. The van der Waals surface area contributed by atoms with E-state index < -0.39 is 11.5 Å². The highest BCUT2D eigenvalue weighted by Crippen LogP contribution is 2.21. The van der Waals surface area contributed by atoms with Gasteiger partial charge in [0.15, 0.2) is 0 Å². The largest absolute Gasteiger partial charge is 0.480 e. The fraction of sp³-hybridized carbons (Fsp3) is 0.562. The van der Waals surface area contributed by atoms with E-state index in [4.69, 9.17) is 0 Å². The highest BCUT2D eigenvalue weighted by Gasteiger charge is 2.31. The number of carbonyl (C=O) groups is 1. The van der Waals surface area contributed by atoms with Crippen molar-refractivity contribution in [1.29, 1.82) is 0 Å². The second-order valence-electron chi connectivity index (χ2n) is 5.18. The van der Waals surface area contributed by atoms with Crippen LogP contribution in [0.4, 0.5) is 0 Å². The molecule has 2 N–H and O–H groups in total. The van der Waals surface area contributed by atoms with E-state index >= 15 is 0 Å². The number of carboxylic acids is 1. The van der Waals surface area contributed by atoms with Crippen LogP contribution in [-0.2, 0) is 4.79 Å². The Balaban J connectivity index is 2.25. The van der Waals surface area contributed by atoms with Crippen LogP contribution in [0.5, 0.6) is 0 Å². The Hall–Kier alpha value is -1.00. The molecule has 0 saturated heterocycles. The van der Waals surface area contributed by atoms with E-state index in [1.165, 1.54) is 4.90 Å². The number of hydrogen-bond acceptors (Lipinski definition) is 3. The lowest BCUT2D eigenvalue weighted by Gasteiger charge is -2.26. The lowest BCUT2D eigenvalue weighted by atomic mass is 9.95. The first-order valence-electron chi connectivity index (χ1n) is 7.25. The Labute approximate surface area is 126 Å². The van der Waals surface area contributed by atoms with Gasteiger partial charge >= 0.3 is 5.97 Å². The molecule has 1 unspecified atom stereocenters. The zero-order chi connectivity index (χ0) is 14.8. The summed E-state index contributed by atoms with van der Waals surface area (Å²) < 4.78 is 0. The Kier molecular flexibility index (Phi) is 7.70. The van der Waals surface area contributed by atoms with Crippen LogP contribution >= 0.6 is 11.8 Å². The molecule has 112 valence electrons. The predicted molar refractivity (Wildman–Crippen MR) is 85.4 cm³/mol. The van der Waals surface area contributed by atoms with Crippen molar-refractivity contribution in [2.75, 3.05) is 12.3 Å². The van der Waals surface area contributed by atoms with Gasteiger partial charge in [-0.25, -0.2) is 0 Å². The van der Waals surface area contributed by atoms with Crippen LogP contribution in [-0.4, -0.2) is 28.9 Å². The van der Waals surface area contributed by atoms with Gasteiger partial charge < -0.3 is 10.4 Å². The minimum absolute atomic E-state index is 0.678. The number of nitrogens with one attached hydrogen (secondary N) is 1. The van der Waals surface area contributed by atoms with Gasteiger partial charge in [0.05, 0.1) is 0 Å². The molecule has 0 aliphatic rings. The van der Waals surface area contributed by atoms with E-state index in [9.17, 15) is 9.90 Å². The lowest BCUT2D eigenvalue weighted by molar-refractivity contribution is -0.144. The molecule has 0 aliphatic heterocycles. The third-order valence-electron chi connectivity index (χ3n) is 3.32. The number of unbranched alkanes of at least 4 members (excludes halogenated alkanes) is 1. The summed E-state index contributed by atoms with van der Waals surface area (Å²) in [5.74, 6) is 0.287. The average Bonchev–Trinajstić information content (AvgIpc) is 2.45. The van der Waals surface area contributed by atoms with Crippen LogP contribution in [0.1, 0.15) is 39.5 Å². The number of aliphatic carboxylic acids is 1. The van der Waals surface area contributed by atoms with Crippen LogP contribution in [0.3, 0.4) is 0 Å². The maximum atomic E-state index is 11.3. The molecule has 0 heterocycles. The summed E-state index contributed by atoms with van der Waals surface area (Å²) in [6.07, 6.45) is 3.60. The zero-order valence-corrected chi connectivity index (χ0v) is 13.2. The molecule has 0 aliphatic carbocycles. The minimum Gasteiger partial charge on any atom is -0.480 e. The average molecular weight is 295 g/mol. The van der Waals surface area contributed by atoms with Crippen molar-refractivity contribution in [3.63, 3.8) is 0 Å². The van der Waals surface area contributed by atoms with Gasteiger partial charge in [-0.3, -0.25) is 4.79 Å². The van der Waals surface area contributed by atoms with Crippen LogP contribution in [0, 0.1) is 0 Å². The molecule has 1 rings (SSSR count). The molecule has 0 fully saturated rings. The molecule has 0 aromatic heterocycles. The quantitative estimate of drug-likeness (QED) is 0.509. The normalized spacial score (nSPS) is 13.9. The van der Waals surface area contributed by atoms with Crippen molar-refractivity contribution >= 4 is 17.7 Å². The molecular weight excluding hydrogens is 270 g/mol. The Morgan fingerprint density at radius 3 is 2.60 bits per heavy atom. The molecule has 0 radical (unpaired) electrons. The molecule has 1 aromatic rings. The molecule has 0 spiro atoms. The van der Waals surface area contributed by atoms with E-state index in [-0.39, 0.29) is 0 Å². The van der Waals surface area contributed by atoms with E-state index in [0.717, 1.165) is 31.6 Å². The van der Waals surface area contributed by atoms with Crippen molar-refractivity contribution in [2.24, 2.45) is 0 Å². The van der Waals surface area contributed by atoms with Crippen LogP contribution in [0.25, 0.3) is 0 Å². The molecule has 0 saturated carbocycles. The molecular formula is C16H25NO2S.